The second-order valence-corrected chi connectivity index (χ2v) is 6.37. The second-order valence-electron chi connectivity index (χ2n) is 6.37. The Hall–Kier alpha value is -2.30. The van der Waals surface area contributed by atoms with Gasteiger partial charge in [0.15, 0.2) is 0 Å². The number of rotatable bonds is 5. The van der Waals surface area contributed by atoms with Crippen LogP contribution in [0.1, 0.15) is 25.3 Å². The summed E-state index contributed by atoms with van der Waals surface area (Å²) in [4.78, 5) is 27.7. The maximum atomic E-state index is 12.9. The molecule has 0 bridgehead atoms. The Labute approximate surface area is 137 Å². The summed E-state index contributed by atoms with van der Waals surface area (Å²) in [6.07, 6.45) is 2.77. The number of nitrogens with zero attached hydrogens (tertiary/aromatic N) is 2. The molecule has 1 heterocycles. The number of carbonyl (C=O) groups is 2. The van der Waals surface area contributed by atoms with Crippen molar-refractivity contribution < 1.29 is 14.7 Å². The van der Waals surface area contributed by atoms with Crippen molar-refractivity contribution in [1.29, 1.82) is 0 Å². The number of allylic oxidation sites excluding steroid dienone is 1. The van der Waals surface area contributed by atoms with Crippen LogP contribution in [0, 0.1) is 0 Å². The lowest BCUT2D eigenvalue weighted by molar-refractivity contribution is -0.133. The number of amides is 1. The van der Waals surface area contributed by atoms with Gasteiger partial charge in [-0.2, -0.15) is 0 Å². The Morgan fingerprint density at radius 3 is 2.57 bits per heavy atom. The van der Waals surface area contributed by atoms with Gasteiger partial charge < -0.3 is 14.9 Å². The van der Waals surface area contributed by atoms with Crippen molar-refractivity contribution >= 4 is 17.6 Å². The van der Waals surface area contributed by atoms with Crippen molar-refractivity contribution in [3.63, 3.8) is 0 Å². The average Bonchev–Trinajstić information content (AvgIpc) is 2.81. The van der Waals surface area contributed by atoms with Crippen LogP contribution in [0.15, 0.2) is 35.9 Å². The minimum Gasteiger partial charge on any atom is -0.478 e. The topological polar surface area (TPSA) is 60.9 Å². The fourth-order valence-electron chi connectivity index (χ4n) is 3.16. The molecule has 124 valence electrons. The van der Waals surface area contributed by atoms with E-state index in [2.05, 4.69) is 0 Å². The molecule has 5 nitrogen and oxygen atoms in total. The molecule has 5 heteroatoms. The van der Waals surface area contributed by atoms with Crippen LogP contribution in [0.5, 0.6) is 0 Å². The molecular formula is C18H24N2O3. The van der Waals surface area contributed by atoms with Crippen LogP contribution in [0.2, 0.25) is 0 Å². The zero-order valence-corrected chi connectivity index (χ0v) is 14.2. The molecular weight excluding hydrogens is 292 g/mol. The fourth-order valence-corrected chi connectivity index (χ4v) is 3.16. The maximum Gasteiger partial charge on any atom is 0.330 e. The van der Waals surface area contributed by atoms with E-state index < -0.39 is 11.4 Å². The van der Waals surface area contributed by atoms with Crippen LogP contribution >= 0.6 is 0 Å². The number of hydrogen-bond donors (Lipinski definition) is 1. The predicted octanol–water partition coefficient (Wildman–Crippen LogP) is 2.27. The highest BCUT2D eigenvalue weighted by Crippen LogP contribution is 2.43. The van der Waals surface area contributed by atoms with Crippen molar-refractivity contribution in [3.8, 4) is 0 Å². The Morgan fingerprint density at radius 1 is 1.39 bits per heavy atom. The predicted molar refractivity (Wildman–Crippen MR) is 90.7 cm³/mol. The number of likely N-dealkylation sites (tertiary alicyclic amines) is 1. The number of carboxylic acid groups (broad SMARTS) is 1. The van der Waals surface area contributed by atoms with Crippen LogP contribution in [-0.2, 0) is 15.0 Å². The van der Waals surface area contributed by atoms with Gasteiger partial charge in [0.1, 0.15) is 0 Å². The van der Waals surface area contributed by atoms with Gasteiger partial charge in [-0.25, -0.2) is 4.79 Å². The Morgan fingerprint density at radius 2 is 2.04 bits per heavy atom. The SMILES string of the molecule is C/C(=C\C[C@@]1(c2ccccc2N(C)C)CCN(C)C1=O)C(=O)O. The Kier molecular flexibility index (Phi) is 4.78. The molecule has 1 amide bonds. The molecule has 1 atom stereocenters. The number of carbonyl (C=O) groups excluding carboxylic acids is 1. The molecule has 1 N–H and O–H groups in total. The van der Waals surface area contributed by atoms with E-state index in [0.717, 1.165) is 11.3 Å². The minimum absolute atomic E-state index is 0.0567. The van der Waals surface area contributed by atoms with E-state index in [-0.39, 0.29) is 11.5 Å². The summed E-state index contributed by atoms with van der Waals surface area (Å²) in [5, 5.41) is 9.10. The maximum absolute atomic E-state index is 12.9. The first-order chi connectivity index (χ1) is 10.8. The third-order valence-electron chi connectivity index (χ3n) is 4.63. The Balaban J connectivity index is 2.54. The van der Waals surface area contributed by atoms with Gasteiger partial charge in [0, 0.05) is 38.9 Å². The van der Waals surface area contributed by atoms with Crippen molar-refractivity contribution in [3.05, 3.63) is 41.5 Å². The zero-order chi connectivity index (χ0) is 17.2. The van der Waals surface area contributed by atoms with E-state index in [1.807, 2.05) is 43.3 Å². The average molecular weight is 316 g/mol. The molecule has 0 saturated carbocycles. The van der Waals surface area contributed by atoms with Gasteiger partial charge in [-0.15, -0.1) is 0 Å². The van der Waals surface area contributed by atoms with Gasteiger partial charge in [-0.1, -0.05) is 24.3 Å². The minimum atomic E-state index is -0.945. The van der Waals surface area contributed by atoms with Crippen molar-refractivity contribution in [2.24, 2.45) is 0 Å². The first-order valence-corrected chi connectivity index (χ1v) is 7.72. The number of anilines is 1. The normalized spacial score (nSPS) is 21.7. The highest BCUT2D eigenvalue weighted by atomic mass is 16.4. The van der Waals surface area contributed by atoms with E-state index >= 15 is 0 Å². The van der Waals surface area contributed by atoms with Crippen LogP contribution in [-0.4, -0.2) is 49.6 Å². The third-order valence-corrected chi connectivity index (χ3v) is 4.63. The molecule has 0 radical (unpaired) electrons. The summed E-state index contributed by atoms with van der Waals surface area (Å²) in [5.41, 5.74) is 1.55. The molecule has 1 saturated heterocycles. The molecule has 0 spiro atoms. The zero-order valence-electron chi connectivity index (χ0n) is 14.2. The summed E-state index contributed by atoms with van der Waals surface area (Å²) < 4.78 is 0. The molecule has 2 rings (SSSR count). The monoisotopic (exact) mass is 316 g/mol. The molecule has 1 aliphatic rings. The summed E-state index contributed by atoms with van der Waals surface area (Å²) in [6.45, 7) is 2.25. The summed E-state index contributed by atoms with van der Waals surface area (Å²) >= 11 is 0. The van der Waals surface area contributed by atoms with Crippen molar-refractivity contribution in [1.82, 2.24) is 4.90 Å². The number of aliphatic carboxylic acids is 1. The lowest BCUT2D eigenvalue weighted by Crippen LogP contribution is -2.37. The van der Waals surface area contributed by atoms with E-state index in [1.54, 1.807) is 24.9 Å². The van der Waals surface area contributed by atoms with Gasteiger partial charge in [-0.05, 0) is 31.4 Å². The first-order valence-electron chi connectivity index (χ1n) is 7.72. The lowest BCUT2D eigenvalue weighted by Gasteiger charge is -2.31. The van der Waals surface area contributed by atoms with Gasteiger partial charge in [0.2, 0.25) is 5.91 Å². The number of hydrogen-bond acceptors (Lipinski definition) is 3. The van der Waals surface area contributed by atoms with Gasteiger partial charge in [0.05, 0.1) is 5.41 Å². The van der Waals surface area contributed by atoms with Crippen LogP contribution in [0.25, 0.3) is 0 Å². The summed E-state index contributed by atoms with van der Waals surface area (Å²) in [5.74, 6) is -0.888. The molecule has 1 aromatic rings. The van der Waals surface area contributed by atoms with Crippen molar-refractivity contribution in [2.45, 2.75) is 25.2 Å². The van der Waals surface area contributed by atoms with Gasteiger partial charge in [0.25, 0.3) is 0 Å². The summed E-state index contributed by atoms with van der Waals surface area (Å²) in [7, 11) is 5.71. The molecule has 0 aromatic heterocycles. The van der Waals surface area contributed by atoms with Gasteiger partial charge >= 0.3 is 5.97 Å². The van der Waals surface area contributed by atoms with Crippen LogP contribution in [0.3, 0.4) is 0 Å². The van der Waals surface area contributed by atoms with E-state index in [4.69, 9.17) is 5.11 Å². The number of para-hydroxylation sites is 1. The molecule has 23 heavy (non-hydrogen) atoms. The van der Waals surface area contributed by atoms with E-state index in [1.165, 1.54) is 0 Å². The molecule has 1 fully saturated rings. The van der Waals surface area contributed by atoms with E-state index in [0.29, 0.717) is 19.4 Å². The smallest absolute Gasteiger partial charge is 0.330 e. The van der Waals surface area contributed by atoms with Gasteiger partial charge in [-0.3, -0.25) is 4.79 Å². The standard InChI is InChI=1S/C18H24N2O3/c1-13(16(21)22)9-10-18(11-12-20(4)17(18)23)14-7-5-6-8-15(14)19(2)3/h5-9H,10-12H2,1-4H3,(H,21,22)/b13-9+/t18-/m0/s1. The number of carboxylic acids is 1. The highest BCUT2D eigenvalue weighted by molar-refractivity contribution is 5.93. The van der Waals surface area contributed by atoms with Crippen LogP contribution in [0.4, 0.5) is 5.69 Å². The lowest BCUT2D eigenvalue weighted by atomic mass is 9.74. The quantitative estimate of drug-likeness (QED) is 0.847. The van der Waals surface area contributed by atoms with E-state index in [9.17, 15) is 9.59 Å². The fraction of sp³-hybridized carbons (Fsp3) is 0.444. The molecule has 0 aliphatic carbocycles. The molecule has 1 aromatic carbocycles. The van der Waals surface area contributed by atoms with Crippen LogP contribution < -0.4 is 4.90 Å². The first kappa shape index (κ1) is 17.1. The largest absolute Gasteiger partial charge is 0.478 e. The highest BCUT2D eigenvalue weighted by Gasteiger charge is 2.47. The number of benzene rings is 1. The second kappa shape index (κ2) is 6.44. The Bertz CT molecular complexity index is 651. The molecule has 1 aliphatic heterocycles. The summed E-state index contributed by atoms with van der Waals surface area (Å²) in [6, 6.07) is 7.87. The van der Waals surface area contributed by atoms with Crippen molar-refractivity contribution in [2.75, 3.05) is 32.6 Å². The third kappa shape index (κ3) is 3.09. The molecule has 0 unspecified atom stereocenters. The number of likely N-dealkylation sites (N-methyl/N-ethyl adjacent to an activating group) is 1.